The quantitative estimate of drug-likeness (QED) is 0.659. The number of nitriles is 1. The maximum absolute atomic E-state index is 12.7. The highest BCUT2D eigenvalue weighted by Crippen LogP contribution is 2.19. The van der Waals surface area contributed by atoms with E-state index in [9.17, 15) is 9.59 Å². The molecule has 0 radical (unpaired) electrons. The molecule has 0 atom stereocenters. The van der Waals surface area contributed by atoms with Crippen LogP contribution < -0.4 is 10.2 Å². The van der Waals surface area contributed by atoms with E-state index in [0.29, 0.717) is 30.8 Å². The molecule has 2 amide bonds. The number of anilines is 1. The van der Waals surface area contributed by atoms with Crippen LogP contribution in [0.1, 0.15) is 22.3 Å². The van der Waals surface area contributed by atoms with Gasteiger partial charge in [0.05, 0.1) is 18.2 Å². The predicted molar refractivity (Wildman–Crippen MR) is 129 cm³/mol. The van der Waals surface area contributed by atoms with E-state index < -0.39 is 0 Å². The topological polar surface area (TPSA) is 76.4 Å². The third-order valence-electron chi connectivity index (χ3n) is 5.86. The maximum Gasteiger partial charge on any atom is 0.251 e. The van der Waals surface area contributed by atoms with Crippen LogP contribution >= 0.6 is 0 Å². The first-order valence-corrected chi connectivity index (χ1v) is 11.1. The van der Waals surface area contributed by atoms with Gasteiger partial charge in [-0.05, 0) is 53.9 Å². The van der Waals surface area contributed by atoms with Crippen LogP contribution in [0.15, 0.2) is 78.9 Å². The van der Waals surface area contributed by atoms with Crippen molar-refractivity contribution in [1.82, 2.24) is 10.2 Å². The molecule has 6 nitrogen and oxygen atoms in total. The monoisotopic (exact) mass is 438 g/mol. The van der Waals surface area contributed by atoms with Crippen LogP contribution in [0.4, 0.5) is 5.69 Å². The van der Waals surface area contributed by atoms with Crippen LogP contribution in [0.3, 0.4) is 0 Å². The number of rotatable bonds is 5. The van der Waals surface area contributed by atoms with Crippen molar-refractivity contribution < 1.29 is 9.59 Å². The lowest BCUT2D eigenvalue weighted by Gasteiger charge is -2.24. The largest absolute Gasteiger partial charge is 0.370 e. The minimum atomic E-state index is -0.253. The normalized spacial score (nSPS) is 13.7. The second kappa shape index (κ2) is 10.5. The molecule has 1 aliphatic rings. The molecule has 0 spiro atoms. The van der Waals surface area contributed by atoms with Crippen LogP contribution in [-0.2, 0) is 4.79 Å². The van der Waals surface area contributed by atoms with Gasteiger partial charge in [-0.2, -0.15) is 5.26 Å². The first-order valence-electron chi connectivity index (χ1n) is 11.1. The highest BCUT2D eigenvalue weighted by molar-refractivity contribution is 5.96. The van der Waals surface area contributed by atoms with Crippen molar-refractivity contribution in [2.75, 3.05) is 37.6 Å². The second-order valence-electron chi connectivity index (χ2n) is 8.01. The summed E-state index contributed by atoms with van der Waals surface area (Å²) in [6.45, 7) is 2.80. The maximum atomic E-state index is 12.7. The van der Waals surface area contributed by atoms with Crippen molar-refractivity contribution in [3.8, 4) is 17.2 Å². The first-order chi connectivity index (χ1) is 16.1. The molecule has 6 heteroatoms. The second-order valence-corrected chi connectivity index (χ2v) is 8.01. The molecule has 1 fully saturated rings. The van der Waals surface area contributed by atoms with Crippen molar-refractivity contribution >= 4 is 17.5 Å². The van der Waals surface area contributed by atoms with E-state index in [4.69, 9.17) is 5.26 Å². The summed E-state index contributed by atoms with van der Waals surface area (Å²) in [5.41, 5.74) is 4.35. The number of amides is 2. The van der Waals surface area contributed by atoms with Gasteiger partial charge in [0.1, 0.15) is 0 Å². The van der Waals surface area contributed by atoms with E-state index in [1.54, 1.807) is 12.1 Å². The molecule has 0 unspecified atom stereocenters. The van der Waals surface area contributed by atoms with E-state index in [2.05, 4.69) is 16.3 Å². The fourth-order valence-corrected chi connectivity index (χ4v) is 3.99. The Bertz CT molecular complexity index is 1140. The minimum Gasteiger partial charge on any atom is -0.370 e. The molecular weight excluding hydrogens is 412 g/mol. The lowest BCUT2D eigenvalue weighted by Crippen LogP contribution is -2.42. The van der Waals surface area contributed by atoms with Crippen molar-refractivity contribution in [2.45, 2.75) is 6.42 Å². The SMILES string of the molecule is N#Cc1ccc(N2CCCN(C(=O)CNC(=O)c3ccc(-c4ccccc4)cc3)CC2)cc1. The van der Waals surface area contributed by atoms with Gasteiger partial charge in [-0.3, -0.25) is 9.59 Å². The highest BCUT2D eigenvalue weighted by atomic mass is 16.2. The molecule has 166 valence electrons. The van der Waals surface area contributed by atoms with Crippen molar-refractivity contribution in [3.05, 3.63) is 90.0 Å². The van der Waals surface area contributed by atoms with Crippen molar-refractivity contribution in [1.29, 1.82) is 5.26 Å². The smallest absolute Gasteiger partial charge is 0.251 e. The van der Waals surface area contributed by atoms with Gasteiger partial charge < -0.3 is 15.1 Å². The van der Waals surface area contributed by atoms with Crippen LogP contribution in [0.25, 0.3) is 11.1 Å². The molecule has 1 saturated heterocycles. The summed E-state index contributed by atoms with van der Waals surface area (Å²) in [4.78, 5) is 29.3. The zero-order chi connectivity index (χ0) is 23.0. The van der Waals surface area contributed by atoms with E-state index in [-0.39, 0.29) is 18.4 Å². The molecular formula is C27H26N4O2. The van der Waals surface area contributed by atoms with Gasteiger partial charge in [-0.15, -0.1) is 0 Å². The molecule has 1 heterocycles. The fourth-order valence-electron chi connectivity index (χ4n) is 3.99. The third-order valence-corrected chi connectivity index (χ3v) is 5.86. The Hall–Kier alpha value is -4.11. The first kappa shape index (κ1) is 22.1. The molecule has 0 saturated carbocycles. The van der Waals surface area contributed by atoms with Gasteiger partial charge in [0.2, 0.25) is 5.91 Å². The summed E-state index contributed by atoms with van der Waals surface area (Å²) in [7, 11) is 0. The van der Waals surface area contributed by atoms with Crippen LogP contribution in [0.2, 0.25) is 0 Å². The molecule has 33 heavy (non-hydrogen) atoms. The number of benzene rings is 3. The summed E-state index contributed by atoms with van der Waals surface area (Å²) < 4.78 is 0. The number of carbonyl (C=O) groups excluding carboxylic acids is 2. The van der Waals surface area contributed by atoms with Crippen LogP contribution in [0.5, 0.6) is 0 Å². The van der Waals surface area contributed by atoms with Gasteiger partial charge in [0.25, 0.3) is 5.91 Å². The van der Waals surface area contributed by atoms with Gasteiger partial charge in [0, 0.05) is 37.4 Å². The summed E-state index contributed by atoms with van der Waals surface area (Å²) in [5, 5.41) is 11.7. The van der Waals surface area contributed by atoms with E-state index >= 15 is 0 Å². The molecule has 1 N–H and O–H groups in total. The summed E-state index contributed by atoms with van der Waals surface area (Å²) in [6.07, 6.45) is 0.848. The van der Waals surface area contributed by atoms with E-state index in [1.807, 2.05) is 71.6 Å². The lowest BCUT2D eigenvalue weighted by molar-refractivity contribution is -0.129. The number of nitrogens with one attached hydrogen (secondary N) is 1. The van der Waals surface area contributed by atoms with E-state index in [0.717, 1.165) is 29.8 Å². The fraction of sp³-hybridized carbons (Fsp3) is 0.222. The molecule has 0 aromatic heterocycles. The molecule has 1 aliphatic heterocycles. The van der Waals surface area contributed by atoms with Gasteiger partial charge in [-0.1, -0.05) is 42.5 Å². The average molecular weight is 439 g/mol. The summed E-state index contributed by atoms with van der Waals surface area (Å²) in [5.74, 6) is -0.331. The molecule has 3 aromatic rings. The molecule has 0 bridgehead atoms. The Morgan fingerprint density at radius 3 is 2.21 bits per heavy atom. The van der Waals surface area contributed by atoms with Gasteiger partial charge in [-0.25, -0.2) is 0 Å². The Balaban J connectivity index is 1.28. The lowest BCUT2D eigenvalue weighted by atomic mass is 10.0. The molecule has 3 aromatic carbocycles. The zero-order valence-electron chi connectivity index (χ0n) is 18.4. The highest BCUT2D eigenvalue weighted by Gasteiger charge is 2.20. The number of hydrogen-bond acceptors (Lipinski definition) is 4. The minimum absolute atomic E-state index is 0.0177. The predicted octanol–water partition coefficient (Wildman–Crippen LogP) is 3.69. The Labute approximate surface area is 194 Å². The number of carbonyl (C=O) groups is 2. The standard InChI is InChI=1S/C27H26N4O2/c28-19-21-7-13-25(14-8-21)30-15-4-16-31(18-17-30)26(32)20-29-27(33)24-11-9-23(10-12-24)22-5-2-1-3-6-22/h1-3,5-14H,4,15-18,20H2,(H,29,33). The summed E-state index contributed by atoms with van der Waals surface area (Å²) in [6, 6.07) is 27.0. The zero-order valence-corrected chi connectivity index (χ0v) is 18.4. The molecule has 0 aliphatic carbocycles. The Morgan fingerprint density at radius 2 is 1.52 bits per heavy atom. The van der Waals surface area contributed by atoms with E-state index in [1.165, 1.54) is 0 Å². The Kier molecular flexibility index (Phi) is 7.01. The van der Waals surface area contributed by atoms with Crippen molar-refractivity contribution in [2.24, 2.45) is 0 Å². The average Bonchev–Trinajstić information content (AvgIpc) is 3.14. The van der Waals surface area contributed by atoms with Crippen LogP contribution in [0, 0.1) is 11.3 Å². The van der Waals surface area contributed by atoms with Crippen molar-refractivity contribution in [3.63, 3.8) is 0 Å². The third kappa shape index (κ3) is 5.58. The number of hydrogen-bond donors (Lipinski definition) is 1. The van der Waals surface area contributed by atoms with Gasteiger partial charge >= 0.3 is 0 Å². The van der Waals surface area contributed by atoms with Gasteiger partial charge in [0.15, 0.2) is 0 Å². The molecule has 4 rings (SSSR count). The Morgan fingerprint density at radius 1 is 0.818 bits per heavy atom. The summed E-state index contributed by atoms with van der Waals surface area (Å²) >= 11 is 0. The van der Waals surface area contributed by atoms with Crippen LogP contribution in [-0.4, -0.2) is 49.4 Å². The number of nitrogens with zero attached hydrogens (tertiary/aromatic N) is 3.